The molecule has 0 aliphatic carbocycles. The van der Waals surface area contributed by atoms with Gasteiger partial charge in [0.15, 0.2) is 6.61 Å². The smallest absolute Gasteiger partial charge is 0.270 e. The summed E-state index contributed by atoms with van der Waals surface area (Å²) in [6, 6.07) is 12.0. The largest absolute Gasteiger partial charge is 0.484 e. The molecule has 0 atom stereocenters. The van der Waals surface area contributed by atoms with E-state index in [2.05, 4.69) is 21.2 Å². The predicted molar refractivity (Wildman–Crippen MR) is 104 cm³/mol. The molecule has 0 saturated carbocycles. The second kappa shape index (κ2) is 9.29. The second-order valence-corrected chi connectivity index (χ2v) is 6.22. The molecule has 0 unspecified atom stereocenters. The van der Waals surface area contributed by atoms with E-state index < -0.39 is 16.7 Å². The molecule has 0 radical (unpaired) electrons. The fourth-order valence-electron chi connectivity index (χ4n) is 2.04. The third-order valence-electron chi connectivity index (χ3n) is 3.35. The lowest BCUT2D eigenvalue weighted by atomic mass is 10.1. The highest BCUT2D eigenvalue weighted by molar-refractivity contribution is 9.10. The first-order valence-corrected chi connectivity index (χ1v) is 8.47. The summed E-state index contributed by atoms with van der Waals surface area (Å²) < 4.78 is 5.44. The van der Waals surface area contributed by atoms with Gasteiger partial charge in [0, 0.05) is 16.6 Å². The lowest BCUT2D eigenvalue weighted by Gasteiger charge is -2.07. The van der Waals surface area contributed by atoms with Crippen molar-refractivity contribution in [3.63, 3.8) is 0 Å². The molecular formula is C18H13BrN4O5. The summed E-state index contributed by atoms with van der Waals surface area (Å²) in [5.41, 5.74) is 5.52. The van der Waals surface area contributed by atoms with Crippen molar-refractivity contribution in [2.75, 3.05) is 11.9 Å². The molecule has 142 valence electrons. The van der Waals surface area contributed by atoms with Gasteiger partial charge in [-0.1, -0.05) is 12.1 Å². The Morgan fingerprint density at radius 1 is 1.29 bits per heavy atom. The third-order valence-corrected chi connectivity index (χ3v) is 4.01. The first kappa shape index (κ1) is 20.6. The van der Waals surface area contributed by atoms with Gasteiger partial charge in [0.25, 0.3) is 17.5 Å². The Morgan fingerprint density at radius 2 is 1.96 bits per heavy atom. The molecule has 2 aromatic rings. The molecule has 0 heterocycles. The number of hydrogen-bond acceptors (Lipinski definition) is 6. The molecule has 0 aliphatic rings. The average Bonchev–Trinajstić information content (AvgIpc) is 2.66. The molecule has 0 spiro atoms. The number of amides is 2. The first-order chi connectivity index (χ1) is 13.3. The Hall–Kier alpha value is -3.71. The maximum Gasteiger partial charge on any atom is 0.270 e. The molecule has 0 bridgehead atoms. The summed E-state index contributed by atoms with van der Waals surface area (Å²) in [4.78, 5) is 33.2. The van der Waals surface area contributed by atoms with Crippen molar-refractivity contribution in [2.24, 2.45) is 5.73 Å². The molecule has 0 fully saturated rings. The molecule has 2 rings (SSSR count). The van der Waals surface area contributed by atoms with Gasteiger partial charge in [0.05, 0.1) is 10.6 Å². The Balaban J connectivity index is 2.14. The number of carbonyl (C=O) groups is 2. The van der Waals surface area contributed by atoms with Gasteiger partial charge >= 0.3 is 0 Å². The monoisotopic (exact) mass is 444 g/mol. The van der Waals surface area contributed by atoms with E-state index in [1.165, 1.54) is 24.3 Å². The van der Waals surface area contributed by atoms with Crippen LogP contribution in [-0.2, 0) is 9.59 Å². The predicted octanol–water partition coefficient (Wildman–Crippen LogP) is 2.77. The Morgan fingerprint density at radius 3 is 2.50 bits per heavy atom. The molecule has 0 aromatic heterocycles. The van der Waals surface area contributed by atoms with Gasteiger partial charge in [0.2, 0.25) is 0 Å². The SMILES string of the molecule is N#C/C(=C\c1ccc(OCC(N)=O)cc1)C(=O)Nc1ccc([N+](=O)[O-])cc1Br. The number of benzene rings is 2. The van der Waals surface area contributed by atoms with Crippen molar-refractivity contribution >= 4 is 45.2 Å². The normalized spacial score (nSPS) is 10.6. The van der Waals surface area contributed by atoms with Crippen LogP contribution in [0, 0.1) is 21.4 Å². The number of primary amides is 1. The maximum atomic E-state index is 12.3. The number of halogens is 1. The summed E-state index contributed by atoms with van der Waals surface area (Å²) in [6.45, 7) is -0.259. The van der Waals surface area contributed by atoms with E-state index in [0.717, 1.165) is 0 Å². The van der Waals surface area contributed by atoms with Crippen LogP contribution in [0.1, 0.15) is 5.56 Å². The summed E-state index contributed by atoms with van der Waals surface area (Å²) in [5, 5.41) is 22.5. The van der Waals surface area contributed by atoms with Gasteiger partial charge in [-0.05, 0) is 45.8 Å². The number of non-ortho nitro benzene ring substituents is 1. The first-order valence-electron chi connectivity index (χ1n) is 7.68. The third kappa shape index (κ3) is 5.65. The van der Waals surface area contributed by atoms with E-state index in [0.29, 0.717) is 15.8 Å². The average molecular weight is 445 g/mol. The van der Waals surface area contributed by atoms with Crippen LogP contribution < -0.4 is 15.8 Å². The maximum absolute atomic E-state index is 12.3. The number of anilines is 1. The standard InChI is InChI=1S/C18H13BrN4O5/c19-15-8-13(23(26)27)3-6-16(15)22-18(25)12(9-20)7-11-1-4-14(5-2-11)28-10-17(21)24/h1-8H,10H2,(H2,21,24)(H,22,25)/b12-7+. The number of nitrogens with one attached hydrogen (secondary N) is 1. The van der Waals surface area contributed by atoms with E-state index in [4.69, 9.17) is 10.5 Å². The quantitative estimate of drug-likeness (QED) is 0.290. The summed E-state index contributed by atoms with van der Waals surface area (Å²) in [7, 11) is 0. The minimum Gasteiger partial charge on any atom is -0.484 e. The summed E-state index contributed by atoms with van der Waals surface area (Å²) in [5.74, 6) is -0.871. The summed E-state index contributed by atoms with van der Waals surface area (Å²) >= 11 is 3.15. The number of nitriles is 1. The lowest BCUT2D eigenvalue weighted by Crippen LogP contribution is -2.19. The lowest BCUT2D eigenvalue weighted by molar-refractivity contribution is -0.384. The minimum absolute atomic E-state index is 0.139. The molecule has 10 heteroatoms. The zero-order valence-corrected chi connectivity index (χ0v) is 15.8. The molecule has 28 heavy (non-hydrogen) atoms. The van der Waals surface area contributed by atoms with Crippen LogP contribution in [0.3, 0.4) is 0 Å². The highest BCUT2D eigenvalue weighted by atomic mass is 79.9. The zero-order chi connectivity index (χ0) is 20.7. The number of nitro benzene ring substituents is 1. The van der Waals surface area contributed by atoms with Crippen molar-refractivity contribution in [3.8, 4) is 11.8 Å². The van der Waals surface area contributed by atoms with Crippen LogP contribution in [0.15, 0.2) is 52.5 Å². The molecule has 2 amide bonds. The Labute approximate surface area is 167 Å². The van der Waals surface area contributed by atoms with Crippen molar-refractivity contribution in [1.82, 2.24) is 0 Å². The van der Waals surface area contributed by atoms with Crippen molar-refractivity contribution in [2.45, 2.75) is 0 Å². The van der Waals surface area contributed by atoms with E-state index in [-0.39, 0.29) is 23.6 Å². The van der Waals surface area contributed by atoms with Gasteiger partial charge in [-0.25, -0.2) is 0 Å². The van der Waals surface area contributed by atoms with Crippen molar-refractivity contribution < 1.29 is 19.2 Å². The van der Waals surface area contributed by atoms with E-state index in [1.54, 1.807) is 24.3 Å². The van der Waals surface area contributed by atoms with Crippen LogP contribution in [0.25, 0.3) is 6.08 Å². The van der Waals surface area contributed by atoms with Gasteiger partial charge in [0.1, 0.15) is 17.4 Å². The summed E-state index contributed by atoms with van der Waals surface area (Å²) in [6.07, 6.45) is 1.37. The minimum atomic E-state index is -0.675. The topological polar surface area (TPSA) is 148 Å². The Bertz CT molecular complexity index is 996. The zero-order valence-electron chi connectivity index (χ0n) is 14.2. The van der Waals surface area contributed by atoms with Crippen LogP contribution in [0.2, 0.25) is 0 Å². The number of carbonyl (C=O) groups excluding carboxylic acids is 2. The molecule has 0 aliphatic heterocycles. The second-order valence-electron chi connectivity index (χ2n) is 5.37. The van der Waals surface area contributed by atoms with E-state index >= 15 is 0 Å². The number of nitrogens with zero attached hydrogens (tertiary/aromatic N) is 2. The number of rotatable bonds is 7. The van der Waals surface area contributed by atoms with Crippen LogP contribution in [0.4, 0.5) is 11.4 Å². The fraction of sp³-hybridized carbons (Fsp3) is 0.0556. The van der Waals surface area contributed by atoms with Crippen LogP contribution in [0.5, 0.6) is 5.75 Å². The van der Waals surface area contributed by atoms with Crippen LogP contribution in [-0.4, -0.2) is 23.3 Å². The Kier molecular flexibility index (Phi) is 6.84. The number of nitrogens with two attached hydrogens (primary N) is 1. The molecule has 2 aromatic carbocycles. The van der Waals surface area contributed by atoms with Gasteiger partial charge in [-0.3, -0.25) is 19.7 Å². The van der Waals surface area contributed by atoms with E-state index in [1.807, 2.05) is 6.07 Å². The molecular weight excluding hydrogens is 432 g/mol. The highest BCUT2D eigenvalue weighted by Gasteiger charge is 2.14. The van der Waals surface area contributed by atoms with Gasteiger partial charge in [-0.15, -0.1) is 0 Å². The number of hydrogen-bond donors (Lipinski definition) is 2. The fourth-order valence-corrected chi connectivity index (χ4v) is 2.50. The highest BCUT2D eigenvalue weighted by Crippen LogP contribution is 2.27. The van der Waals surface area contributed by atoms with Gasteiger partial charge < -0.3 is 15.8 Å². The number of ether oxygens (including phenoxy) is 1. The van der Waals surface area contributed by atoms with Crippen molar-refractivity contribution in [1.29, 1.82) is 5.26 Å². The van der Waals surface area contributed by atoms with Crippen LogP contribution >= 0.6 is 15.9 Å². The molecule has 3 N–H and O–H groups in total. The molecule has 9 nitrogen and oxygen atoms in total. The van der Waals surface area contributed by atoms with Crippen molar-refractivity contribution in [3.05, 3.63) is 68.2 Å². The van der Waals surface area contributed by atoms with E-state index in [9.17, 15) is 25.0 Å². The number of nitro groups is 1. The molecule has 0 saturated heterocycles. The van der Waals surface area contributed by atoms with Gasteiger partial charge in [-0.2, -0.15) is 5.26 Å².